The van der Waals surface area contributed by atoms with Crippen LogP contribution in [0.5, 0.6) is 5.75 Å². The normalized spacial score (nSPS) is 11.0. The molecule has 0 atom stereocenters. The standard InChI is InChI=1S/C24H27N3O2/c1-24(2,3)19-11-9-17(10-12-19)23(28)27-20-13-14-22(26-16-20)25-15-18-7-5-6-8-21(18)29-4/h5-14,16H,15H2,1-4H3,(H,25,26)(H,27,28). The molecule has 1 aromatic heterocycles. The van der Waals surface area contributed by atoms with Crippen molar-refractivity contribution in [2.75, 3.05) is 17.7 Å². The van der Waals surface area contributed by atoms with Crippen LogP contribution in [0.2, 0.25) is 0 Å². The van der Waals surface area contributed by atoms with Gasteiger partial charge in [-0.1, -0.05) is 51.1 Å². The number of pyridine rings is 1. The van der Waals surface area contributed by atoms with Gasteiger partial charge in [-0.25, -0.2) is 4.98 Å². The van der Waals surface area contributed by atoms with Crippen LogP contribution in [0.25, 0.3) is 0 Å². The Morgan fingerprint density at radius 3 is 2.34 bits per heavy atom. The fraction of sp³-hybridized carbons (Fsp3) is 0.250. The highest BCUT2D eigenvalue weighted by atomic mass is 16.5. The third-order valence-electron chi connectivity index (χ3n) is 4.69. The average Bonchev–Trinajstić information content (AvgIpc) is 2.73. The molecule has 150 valence electrons. The molecular weight excluding hydrogens is 362 g/mol. The van der Waals surface area contributed by atoms with Gasteiger partial charge in [-0.05, 0) is 41.3 Å². The highest BCUT2D eigenvalue weighted by Gasteiger charge is 2.14. The predicted molar refractivity (Wildman–Crippen MR) is 118 cm³/mol. The van der Waals surface area contributed by atoms with Gasteiger partial charge in [0, 0.05) is 17.7 Å². The lowest BCUT2D eigenvalue weighted by Crippen LogP contribution is -2.14. The molecule has 1 heterocycles. The molecule has 0 fully saturated rings. The van der Waals surface area contributed by atoms with E-state index in [-0.39, 0.29) is 11.3 Å². The second kappa shape index (κ2) is 8.78. The molecule has 3 aromatic rings. The number of carbonyl (C=O) groups is 1. The van der Waals surface area contributed by atoms with Crippen LogP contribution in [-0.4, -0.2) is 18.0 Å². The van der Waals surface area contributed by atoms with E-state index in [4.69, 9.17) is 4.74 Å². The highest BCUT2D eigenvalue weighted by molar-refractivity contribution is 6.04. The number of methoxy groups -OCH3 is 1. The fourth-order valence-corrected chi connectivity index (χ4v) is 2.93. The zero-order valence-corrected chi connectivity index (χ0v) is 17.3. The van der Waals surface area contributed by atoms with Gasteiger partial charge in [-0.2, -0.15) is 0 Å². The smallest absolute Gasteiger partial charge is 0.255 e. The van der Waals surface area contributed by atoms with Crippen LogP contribution >= 0.6 is 0 Å². The van der Waals surface area contributed by atoms with Crippen molar-refractivity contribution in [1.29, 1.82) is 0 Å². The molecule has 0 unspecified atom stereocenters. The summed E-state index contributed by atoms with van der Waals surface area (Å²) in [5.74, 6) is 1.41. The summed E-state index contributed by atoms with van der Waals surface area (Å²) in [6.07, 6.45) is 1.64. The Kier molecular flexibility index (Phi) is 6.17. The number of anilines is 2. The first-order chi connectivity index (χ1) is 13.9. The van der Waals surface area contributed by atoms with Crippen molar-refractivity contribution in [2.45, 2.75) is 32.7 Å². The first-order valence-corrected chi connectivity index (χ1v) is 9.60. The van der Waals surface area contributed by atoms with E-state index in [1.165, 1.54) is 5.56 Å². The third-order valence-corrected chi connectivity index (χ3v) is 4.69. The van der Waals surface area contributed by atoms with Crippen molar-refractivity contribution in [3.63, 3.8) is 0 Å². The Morgan fingerprint density at radius 2 is 1.72 bits per heavy atom. The average molecular weight is 389 g/mol. The van der Waals surface area contributed by atoms with E-state index in [9.17, 15) is 4.79 Å². The van der Waals surface area contributed by atoms with Crippen molar-refractivity contribution in [1.82, 2.24) is 4.98 Å². The van der Waals surface area contributed by atoms with E-state index < -0.39 is 0 Å². The number of benzene rings is 2. The van der Waals surface area contributed by atoms with Crippen molar-refractivity contribution < 1.29 is 9.53 Å². The van der Waals surface area contributed by atoms with Crippen molar-refractivity contribution in [2.24, 2.45) is 0 Å². The van der Waals surface area contributed by atoms with Gasteiger partial charge in [-0.15, -0.1) is 0 Å². The molecule has 0 radical (unpaired) electrons. The number of para-hydroxylation sites is 1. The van der Waals surface area contributed by atoms with Crippen LogP contribution in [0, 0.1) is 0 Å². The summed E-state index contributed by atoms with van der Waals surface area (Å²) in [6, 6.07) is 19.2. The maximum atomic E-state index is 12.5. The summed E-state index contributed by atoms with van der Waals surface area (Å²) < 4.78 is 5.36. The third kappa shape index (κ3) is 5.35. The number of amides is 1. The van der Waals surface area contributed by atoms with Crippen molar-refractivity contribution in [3.8, 4) is 5.75 Å². The summed E-state index contributed by atoms with van der Waals surface area (Å²) in [6.45, 7) is 7.05. The molecular formula is C24H27N3O2. The number of aromatic nitrogens is 1. The number of carbonyl (C=O) groups excluding carboxylic acids is 1. The van der Waals surface area contributed by atoms with E-state index >= 15 is 0 Å². The fourth-order valence-electron chi connectivity index (χ4n) is 2.93. The Hall–Kier alpha value is -3.34. The number of rotatable bonds is 6. The number of ether oxygens (including phenoxy) is 1. The molecule has 0 saturated carbocycles. The van der Waals surface area contributed by atoms with Gasteiger partial charge in [-0.3, -0.25) is 4.79 Å². The van der Waals surface area contributed by atoms with E-state index in [1.807, 2.05) is 60.7 Å². The van der Waals surface area contributed by atoms with Gasteiger partial charge in [0.1, 0.15) is 11.6 Å². The Morgan fingerprint density at radius 1 is 1.00 bits per heavy atom. The number of hydrogen-bond acceptors (Lipinski definition) is 4. The van der Waals surface area contributed by atoms with Crippen LogP contribution in [0.15, 0.2) is 66.9 Å². The van der Waals surface area contributed by atoms with Gasteiger partial charge < -0.3 is 15.4 Å². The van der Waals surface area contributed by atoms with E-state index in [0.717, 1.165) is 17.1 Å². The summed E-state index contributed by atoms with van der Waals surface area (Å²) in [7, 11) is 1.66. The first kappa shape index (κ1) is 20.4. The molecule has 29 heavy (non-hydrogen) atoms. The second-order valence-corrected chi connectivity index (χ2v) is 7.88. The second-order valence-electron chi connectivity index (χ2n) is 7.88. The van der Waals surface area contributed by atoms with Crippen LogP contribution in [0.3, 0.4) is 0 Å². The van der Waals surface area contributed by atoms with Gasteiger partial charge in [0.15, 0.2) is 0 Å². The van der Waals surface area contributed by atoms with Gasteiger partial charge in [0.05, 0.1) is 19.0 Å². The quantitative estimate of drug-likeness (QED) is 0.604. The highest BCUT2D eigenvalue weighted by Crippen LogP contribution is 2.23. The maximum Gasteiger partial charge on any atom is 0.255 e. The topological polar surface area (TPSA) is 63.2 Å². The van der Waals surface area contributed by atoms with Crippen LogP contribution in [0.1, 0.15) is 42.3 Å². The summed E-state index contributed by atoms with van der Waals surface area (Å²) in [5.41, 5.74) is 3.58. The molecule has 0 aliphatic heterocycles. The molecule has 0 bridgehead atoms. The minimum absolute atomic E-state index is 0.0610. The summed E-state index contributed by atoms with van der Waals surface area (Å²) >= 11 is 0. The lowest BCUT2D eigenvalue weighted by molar-refractivity contribution is 0.102. The largest absolute Gasteiger partial charge is 0.496 e. The zero-order valence-electron chi connectivity index (χ0n) is 17.3. The molecule has 5 nitrogen and oxygen atoms in total. The number of nitrogens with one attached hydrogen (secondary N) is 2. The van der Waals surface area contributed by atoms with Gasteiger partial charge in [0.2, 0.25) is 0 Å². The van der Waals surface area contributed by atoms with E-state index in [0.29, 0.717) is 17.8 Å². The number of nitrogens with zero attached hydrogens (tertiary/aromatic N) is 1. The van der Waals surface area contributed by atoms with E-state index in [1.54, 1.807) is 13.3 Å². The van der Waals surface area contributed by atoms with Crippen molar-refractivity contribution in [3.05, 3.63) is 83.6 Å². The summed E-state index contributed by atoms with van der Waals surface area (Å²) in [5, 5.41) is 6.15. The zero-order chi connectivity index (χ0) is 20.9. The molecule has 0 spiro atoms. The van der Waals surface area contributed by atoms with Crippen LogP contribution < -0.4 is 15.4 Å². The van der Waals surface area contributed by atoms with Gasteiger partial charge >= 0.3 is 0 Å². The molecule has 1 amide bonds. The lowest BCUT2D eigenvalue weighted by atomic mass is 9.87. The molecule has 2 N–H and O–H groups in total. The SMILES string of the molecule is COc1ccccc1CNc1ccc(NC(=O)c2ccc(C(C)(C)C)cc2)cn1. The van der Waals surface area contributed by atoms with Crippen LogP contribution in [0.4, 0.5) is 11.5 Å². The Bertz CT molecular complexity index is 959. The predicted octanol–water partition coefficient (Wildman–Crippen LogP) is 5.25. The minimum atomic E-state index is -0.151. The molecule has 0 aliphatic rings. The number of hydrogen-bond donors (Lipinski definition) is 2. The van der Waals surface area contributed by atoms with Crippen molar-refractivity contribution >= 4 is 17.4 Å². The maximum absolute atomic E-state index is 12.5. The Balaban J connectivity index is 1.59. The molecule has 5 heteroatoms. The molecule has 3 rings (SSSR count). The van der Waals surface area contributed by atoms with Crippen LogP contribution in [-0.2, 0) is 12.0 Å². The minimum Gasteiger partial charge on any atom is -0.496 e. The van der Waals surface area contributed by atoms with Gasteiger partial charge in [0.25, 0.3) is 5.91 Å². The first-order valence-electron chi connectivity index (χ1n) is 9.60. The molecule has 2 aromatic carbocycles. The molecule has 0 aliphatic carbocycles. The van der Waals surface area contributed by atoms with E-state index in [2.05, 4.69) is 36.4 Å². The molecule has 0 saturated heterocycles. The monoisotopic (exact) mass is 389 g/mol. The Labute approximate surface area is 172 Å². The lowest BCUT2D eigenvalue weighted by Gasteiger charge is -2.19. The summed E-state index contributed by atoms with van der Waals surface area (Å²) in [4.78, 5) is 16.8.